The molecular weight excluding hydrogens is 298 g/mol. The molecule has 0 bridgehead atoms. The fraction of sp³-hybridized carbons (Fsp3) is 0.533. The van der Waals surface area contributed by atoms with E-state index in [4.69, 9.17) is 0 Å². The van der Waals surface area contributed by atoms with Crippen molar-refractivity contribution in [3.05, 3.63) is 17.3 Å². The molecule has 22 heavy (non-hydrogen) atoms. The number of aromatic nitrogens is 2. The van der Waals surface area contributed by atoms with Gasteiger partial charge in [0.25, 0.3) is 0 Å². The zero-order valence-electron chi connectivity index (χ0n) is 12.7. The normalized spacial score (nSPS) is 24.7. The number of amides is 2. The van der Waals surface area contributed by atoms with E-state index in [9.17, 15) is 4.79 Å². The van der Waals surface area contributed by atoms with Crippen LogP contribution in [0, 0.1) is 0 Å². The number of likely N-dealkylation sites (N-methyl/N-ethyl adjacent to an activating group) is 1. The van der Waals surface area contributed by atoms with E-state index in [-0.39, 0.29) is 12.1 Å². The number of carbonyl (C=O) groups is 1. The molecule has 2 aromatic rings. The van der Waals surface area contributed by atoms with Gasteiger partial charge in [-0.25, -0.2) is 14.8 Å². The van der Waals surface area contributed by atoms with Gasteiger partial charge in [-0.3, -0.25) is 0 Å². The first-order chi connectivity index (χ1) is 10.7. The first kappa shape index (κ1) is 13.8. The molecule has 2 atom stereocenters. The fourth-order valence-corrected chi connectivity index (χ4v) is 4.40. The highest BCUT2D eigenvalue weighted by Gasteiger charge is 2.41. The summed E-state index contributed by atoms with van der Waals surface area (Å²) in [6.07, 6.45) is 3.64. The molecule has 2 fully saturated rings. The molecule has 6 nitrogen and oxygen atoms in total. The van der Waals surface area contributed by atoms with E-state index in [1.807, 2.05) is 11.9 Å². The van der Waals surface area contributed by atoms with Crippen molar-refractivity contribution in [1.82, 2.24) is 20.2 Å². The third kappa shape index (κ3) is 2.03. The van der Waals surface area contributed by atoms with Crippen LogP contribution in [0.5, 0.6) is 0 Å². The topological polar surface area (TPSA) is 61.4 Å². The number of aryl methyl sites for hydroxylation is 1. The van der Waals surface area contributed by atoms with Crippen molar-refractivity contribution in [2.75, 3.05) is 25.0 Å². The number of carbonyl (C=O) groups excluding carboxylic acids is 1. The Bertz CT molecular complexity index is 730. The van der Waals surface area contributed by atoms with Crippen molar-refractivity contribution in [1.29, 1.82) is 0 Å². The predicted molar refractivity (Wildman–Crippen MR) is 87.5 cm³/mol. The minimum absolute atomic E-state index is 0.0356. The van der Waals surface area contributed by atoms with Gasteiger partial charge in [-0.1, -0.05) is 6.92 Å². The lowest BCUT2D eigenvalue weighted by Crippen LogP contribution is -2.51. The summed E-state index contributed by atoms with van der Waals surface area (Å²) in [6, 6.07) is 2.73. The highest BCUT2D eigenvalue weighted by atomic mass is 32.1. The molecule has 2 aliphatic heterocycles. The van der Waals surface area contributed by atoms with E-state index in [0.29, 0.717) is 6.04 Å². The zero-order valence-corrected chi connectivity index (χ0v) is 13.6. The zero-order chi connectivity index (χ0) is 15.3. The van der Waals surface area contributed by atoms with Crippen molar-refractivity contribution >= 4 is 33.4 Å². The van der Waals surface area contributed by atoms with Gasteiger partial charge in [0.1, 0.15) is 17.0 Å². The average molecular weight is 317 g/mol. The molecule has 4 rings (SSSR count). The number of hydrogen-bond acceptors (Lipinski definition) is 5. The lowest BCUT2D eigenvalue weighted by atomic mass is 10.00. The average Bonchev–Trinajstić information content (AvgIpc) is 3.08. The molecule has 7 heteroatoms. The molecule has 0 radical (unpaired) electrons. The predicted octanol–water partition coefficient (Wildman–Crippen LogP) is 1.86. The Balaban J connectivity index is 1.66. The Hall–Kier alpha value is -1.89. The van der Waals surface area contributed by atoms with Gasteiger partial charge in [-0.2, -0.15) is 0 Å². The Kier molecular flexibility index (Phi) is 3.18. The third-order valence-electron chi connectivity index (χ3n) is 4.71. The number of hydrogen-bond donors (Lipinski definition) is 1. The molecule has 2 aromatic heterocycles. The minimum Gasteiger partial charge on any atom is -0.354 e. The Morgan fingerprint density at radius 2 is 2.32 bits per heavy atom. The molecule has 0 saturated carbocycles. The van der Waals surface area contributed by atoms with Crippen LogP contribution < -0.4 is 10.2 Å². The molecule has 4 heterocycles. The summed E-state index contributed by atoms with van der Waals surface area (Å²) >= 11 is 1.74. The van der Waals surface area contributed by atoms with Gasteiger partial charge >= 0.3 is 6.03 Å². The van der Waals surface area contributed by atoms with E-state index < -0.39 is 0 Å². The van der Waals surface area contributed by atoms with E-state index in [0.717, 1.165) is 42.0 Å². The Labute approximate surface area is 133 Å². The maximum absolute atomic E-state index is 11.8. The second kappa shape index (κ2) is 5.08. The van der Waals surface area contributed by atoms with Gasteiger partial charge in [0.05, 0.1) is 17.5 Å². The summed E-state index contributed by atoms with van der Waals surface area (Å²) in [5.41, 5.74) is 0. The summed E-state index contributed by atoms with van der Waals surface area (Å²) < 4.78 is 0. The smallest absolute Gasteiger partial charge is 0.317 e. The molecule has 0 unspecified atom stereocenters. The standard InChI is InChI=1S/C15H19N5OS/c1-3-9-6-10-13(16-8-17-14(10)22-9)20-5-4-12-11(7-20)18-15(21)19(12)2/h6,8,11-12H,3-5,7H2,1-2H3,(H,18,21)/t11-,12+/m1/s1. The van der Waals surface area contributed by atoms with Gasteiger partial charge in [0.2, 0.25) is 0 Å². The number of piperidine rings is 1. The van der Waals surface area contributed by atoms with Crippen LogP contribution in [0.3, 0.4) is 0 Å². The van der Waals surface area contributed by atoms with Crippen LogP contribution in [0.25, 0.3) is 10.2 Å². The van der Waals surface area contributed by atoms with Crippen molar-refractivity contribution in [2.45, 2.75) is 31.8 Å². The second-order valence-corrected chi connectivity index (χ2v) is 7.07. The highest BCUT2D eigenvalue weighted by molar-refractivity contribution is 7.18. The van der Waals surface area contributed by atoms with E-state index in [1.165, 1.54) is 4.88 Å². The van der Waals surface area contributed by atoms with Crippen molar-refractivity contribution in [3.8, 4) is 0 Å². The summed E-state index contributed by atoms with van der Waals surface area (Å²) in [7, 11) is 1.88. The maximum atomic E-state index is 11.8. The van der Waals surface area contributed by atoms with Gasteiger partial charge in [-0.05, 0) is 18.9 Å². The van der Waals surface area contributed by atoms with Crippen molar-refractivity contribution in [3.63, 3.8) is 0 Å². The molecular formula is C15H19N5OS. The van der Waals surface area contributed by atoms with Gasteiger partial charge in [0, 0.05) is 25.0 Å². The van der Waals surface area contributed by atoms with Crippen molar-refractivity contribution in [2.24, 2.45) is 0 Å². The SMILES string of the molecule is CCc1cc2c(N3CC[C@H]4[C@@H](C3)NC(=O)N4C)ncnc2s1. The highest BCUT2D eigenvalue weighted by Crippen LogP contribution is 2.32. The number of fused-ring (bicyclic) bond motifs is 2. The third-order valence-corrected chi connectivity index (χ3v) is 5.90. The monoisotopic (exact) mass is 317 g/mol. The molecule has 0 spiro atoms. The summed E-state index contributed by atoms with van der Waals surface area (Å²) in [5.74, 6) is 1.00. The van der Waals surface area contributed by atoms with E-state index in [2.05, 4.69) is 33.2 Å². The van der Waals surface area contributed by atoms with Crippen LogP contribution in [0.15, 0.2) is 12.4 Å². The molecule has 0 aliphatic carbocycles. The second-order valence-electron chi connectivity index (χ2n) is 5.95. The van der Waals surface area contributed by atoms with Crippen LogP contribution >= 0.6 is 11.3 Å². The molecule has 0 aromatic carbocycles. The number of rotatable bonds is 2. The summed E-state index contributed by atoms with van der Waals surface area (Å²) in [5, 5.41) is 4.21. The van der Waals surface area contributed by atoms with Gasteiger partial charge in [0.15, 0.2) is 0 Å². The molecule has 2 aliphatic rings. The van der Waals surface area contributed by atoms with Crippen LogP contribution in [0.2, 0.25) is 0 Å². The first-order valence-corrected chi connectivity index (χ1v) is 8.50. The number of anilines is 1. The number of nitrogens with one attached hydrogen (secondary N) is 1. The number of nitrogens with zero attached hydrogens (tertiary/aromatic N) is 4. The van der Waals surface area contributed by atoms with E-state index >= 15 is 0 Å². The molecule has 1 N–H and O–H groups in total. The number of urea groups is 1. The van der Waals surface area contributed by atoms with Crippen LogP contribution in [-0.2, 0) is 6.42 Å². The van der Waals surface area contributed by atoms with Gasteiger partial charge in [-0.15, -0.1) is 11.3 Å². The van der Waals surface area contributed by atoms with Crippen molar-refractivity contribution < 1.29 is 4.79 Å². The fourth-order valence-electron chi connectivity index (χ4n) is 3.47. The number of thiophene rings is 1. The quantitative estimate of drug-likeness (QED) is 0.918. The Morgan fingerprint density at radius 3 is 3.14 bits per heavy atom. The van der Waals surface area contributed by atoms with E-state index in [1.54, 1.807) is 17.7 Å². The molecule has 2 saturated heterocycles. The van der Waals surface area contributed by atoms with Crippen LogP contribution in [0.1, 0.15) is 18.2 Å². The molecule has 116 valence electrons. The summed E-state index contributed by atoms with van der Waals surface area (Å²) in [6.45, 7) is 3.89. The Morgan fingerprint density at radius 1 is 1.45 bits per heavy atom. The summed E-state index contributed by atoms with van der Waals surface area (Å²) in [4.78, 5) is 27.2. The van der Waals surface area contributed by atoms with Crippen LogP contribution in [0.4, 0.5) is 10.6 Å². The largest absolute Gasteiger partial charge is 0.354 e. The van der Waals surface area contributed by atoms with Crippen LogP contribution in [-0.4, -0.2) is 53.1 Å². The van der Waals surface area contributed by atoms with Gasteiger partial charge < -0.3 is 15.1 Å². The minimum atomic E-state index is 0.0356. The molecule has 2 amide bonds. The lowest BCUT2D eigenvalue weighted by molar-refractivity contribution is 0.212. The lowest BCUT2D eigenvalue weighted by Gasteiger charge is -2.36. The maximum Gasteiger partial charge on any atom is 0.317 e. The first-order valence-electron chi connectivity index (χ1n) is 7.69.